The standard InChI is InChI=1S/C21H32O4/c1-4-7-9-11-19(16(6-3)10-8-5-2)25-21(24)18-14-12-17(13-15-18)20(22)23/h12-16,19H,4-11H2,1-3H3,(H,22,23). The Hall–Kier alpha value is -1.84. The quantitative estimate of drug-likeness (QED) is 0.388. The lowest BCUT2D eigenvalue weighted by atomic mass is 9.90. The van der Waals surface area contributed by atoms with Gasteiger partial charge in [0, 0.05) is 0 Å². The van der Waals surface area contributed by atoms with Gasteiger partial charge in [0.25, 0.3) is 0 Å². The number of carboxylic acids is 1. The Morgan fingerprint density at radius 3 is 2.04 bits per heavy atom. The average molecular weight is 348 g/mol. The predicted molar refractivity (Wildman–Crippen MR) is 100 cm³/mol. The van der Waals surface area contributed by atoms with Crippen LogP contribution in [0.5, 0.6) is 0 Å². The molecule has 4 nitrogen and oxygen atoms in total. The number of benzene rings is 1. The first-order chi connectivity index (χ1) is 12.0. The summed E-state index contributed by atoms with van der Waals surface area (Å²) in [6.07, 6.45) is 8.56. The summed E-state index contributed by atoms with van der Waals surface area (Å²) in [7, 11) is 0. The fourth-order valence-electron chi connectivity index (χ4n) is 3.06. The molecule has 2 unspecified atom stereocenters. The minimum Gasteiger partial charge on any atom is -0.478 e. The summed E-state index contributed by atoms with van der Waals surface area (Å²) in [4.78, 5) is 23.4. The van der Waals surface area contributed by atoms with E-state index in [0.717, 1.165) is 51.4 Å². The molecule has 0 amide bonds. The van der Waals surface area contributed by atoms with E-state index in [2.05, 4.69) is 20.8 Å². The molecule has 4 heteroatoms. The Labute approximate surface area is 151 Å². The van der Waals surface area contributed by atoms with Crippen LogP contribution < -0.4 is 0 Å². The third-order valence-corrected chi connectivity index (χ3v) is 4.70. The maximum absolute atomic E-state index is 12.5. The maximum Gasteiger partial charge on any atom is 0.338 e. The number of aromatic carboxylic acids is 1. The van der Waals surface area contributed by atoms with Crippen molar-refractivity contribution in [3.63, 3.8) is 0 Å². The Kier molecular flexibility index (Phi) is 9.90. The van der Waals surface area contributed by atoms with Crippen LogP contribution in [0.3, 0.4) is 0 Å². The van der Waals surface area contributed by atoms with Crippen molar-refractivity contribution < 1.29 is 19.4 Å². The van der Waals surface area contributed by atoms with E-state index < -0.39 is 5.97 Å². The van der Waals surface area contributed by atoms with Crippen LogP contribution in [0.4, 0.5) is 0 Å². The molecule has 1 N–H and O–H groups in total. The van der Waals surface area contributed by atoms with Gasteiger partial charge in [0.15, 0.2) is 0 Å². The highest BCUT2D eigenvalue weighted by atomic mass is 16.5. The molecule has 0 bridgehead atoms. The van der Waals surface area contributed by atoms with Crippen LogP contribution in [-0.2, 0) is 4.74 Å². The van der Waals surface area contributed by atoms with E-state index in [1.165, 1.54) is 24.3 Å². The van der Waals surface area contributed by atoms with Crippen molar-refractivity contribution in [1.29, 1.82) is 0 Å². The Morgan fingerprint density at radius 2 is 1.52 bits per heavy atom. The van der Waals surface area contributed by atoms with E-state index in [9.17, 15) is 9.59 Å². The Bertz CT molecular complexity index is 521. The second-order valence-electron chi connectivity index (χ2n) is 6.63. The number of carboxylic acid groups (broad SMARTS) is 1. The van der Waals surface area contributed by atoms with E-state index in [1.807, 2.05) is 0 Å². The van der Waals surface area contributed by atoms with E-state index in [0.29, 0.717) is 11.5 Å². The highest BCUT2D eigenvalue weighted by Crippen LogP contribution is 2.25. The third kappa shape index (κ3) is 7.29. The summed E-state index contributed by atoms with van der Waals surface area (Å²) in [5.41, 5.74) is 0.585. The molecule has 0 radical (unpaired) electrons. The third-order valence-electron chi connectivity index (χ3n) is 4.70. The van der Waals surface area contributed by atoms with E-state index in [4.69, 9.17) is 9.84 Å². The smallest absolute Gasteiger partial charge is 0.338 e. The molecule has 0 saturated carbocycles. The molecule has 1 aromatic carbocycles. The van der Waals surface area contributed by atoms with Crippen molar-refractivity contribution in [1.82, 2.24) is 0 Å². The molecule has 0 spiro atoms. The van der Waals surface area contributed by atoms with Gasteiger partial charge in [0.2, 0.25) is 0 Å². The van der Waals surface area contributed by atoms with E-state index in [1.54, 1.807) is 0 Å². The van der Waals surface area contributed by atoms with E-state index in [-0.39, 0.29) is 17.6 Å². The number of hydrogen-bond donors (Lipinski definition) is 1. The van der Waals surface area contributed by atoms with Gasteiger partial charge in [-0.3, -0.25) is 0 Å². The Balaban J connectivity index is 2.79. The van der Waals surface area contributed by atoms with Crippen molar-refractivity contribution in [2.45, 2.75) is 78.2 Å². The van der Waals surface area contributed by atoms with Crippen LogP contribution in [0.15, 0.2) is 24.3 Å². The van der Waals surface area contributed by atoms with Gasteiger partial charge in [-0.1, -0.05) is 46.5 Å². The zero-order chi connectivity index (χ0) is 18.7. The van der Waals surface area contributed by atoms with Crippen molar-refractivity contribution in [3.05, 3.63) is 35.4 Å². The summed E-state index contributed by atoms with van der Waals surface area (Å²) in [6, 6.07) is 5.95. The molecule has 25 heavy (non-hydrogen) atoms. The minimum absolute atomic E-state index is 0.0604. The first-order valence-electron chi connectivity index (χ1n) is 9.57. The molecular weight excluding hydrogens is 316 g/mol. The molecule has 0 aliphatic heterocycles. The molecule has 0 aliphatic rings. The number of unbranched alkanes of at least 4 members (excludes halogenated alkanes) is 3. The largest absolute Gasteiger partial charge is 0.478 e. The zero-order valence-electron chi connectivity index (χ0n) is 15.8. The van der Waals surface area contributed by atoms with Gasteiger partial charge < -0.3 is 9.84 Å². The molecular formula is C21H32O4. The molecule has 0 heterocycles. The lowest BCUT2D eigenvalue weighted by Gasteiger charge is -2.26. The number of carbonyl (C=O) groups excluding carboxylic acids is 1. The molecule has 2 atom stereocenters. The summed E-state index contributed by atoms with van der Waals surface area (Å²) in [6.45, 7) is 6.50. The SMILES string of the molecule is CCCCCC(OC(=O)c1ccc(C(=O)O)cc1)C(CC)CCCC. The highest BCUT2D eigenvalue weighted by molar-refractivity contribution is 5.92. The summed E-state index contributed by atoms with van der Waals surface area (Å²) < 4.78 is 5.85. The number of ether oxygens (including phenoxy) is 1. The molecule has 0 saturated heterocycles. The van der Waals surface area contributed by atoms with Crippen molar-refractivity contribution in [2.24, 2.45) is 5.92 Å². The molecule has 0 fully saturated rings. The van der Waals surface area contributed by atoms with Gasteiger partial charge in [0.1, 0.15) is 6.10 Å². The second-order valence-corrected chi connectivity index (χ2v) is 6.63. The monoisotopic (exact) mass is 348 g/mol. The van der Waals surface area contributed by atoms with Crippen molar-refractivity contribution in [2.75, 3.05) is 0 Å². The van der Waals surface area contributed by atoms with Crippen molar-refractivity contribution >= 4 is 11.9 Å². The minimum atomic E-state index is -0.997. The maximum atomic E-state index is 12.5. The number of rotatable bonds is 12. The van der Waals surface area contributed by atoms with Crippen LogP contribution in [0.2, 0.25) is 0 Å². The van der Waals surface area contributed by atoms with Crippen LogP contribution in [-0.4, -0.2) is 23.1 Å². The molecule has 0 aliphatic carbocycles. The van der Waals surface area contributed by atoms with Gasteiger partial charge in [-0.05, 0) is 55.9 Å². The number of carbonyl (C=O) groups is 2. The molecule has 140 valence electrons. The lowest BCUT2D eigenvalue weighted by Crippen LogP contribution is -2.27. The highest BCUT2D eigenvalue weighted by Gasteiger charge is 2.24. The van der Waals surface area contributed by atoms with Crippen molar-refractivity contribution in [3.8, 4) is 0 Å². The molecule has 1 aromatic rings. The molecule has 1 rings (SSSR count). The fourth-order valence-corrected chi connectivity index (χ4v) is 3.06. The van der Waals surface area contributed by atoms with Gasteiger partial charge in [0.05, 0.1) is 11.1 Å². The number of esters is 1. The summed E-state index contributed by atoms with van der Waals surface area (Å²) in [5.74, 6) is -0.963. The first kappa shape index (κ1) is 21.2. The van der Waals surface area contributed by atoms with E-state index >= 15 is 0 Å². The van der Waals surface area contributed by atoms with Gasteiger partial charge >= 0.3 is 11.9 Å². The lowest BCUT2D eigenvalue weighted by molar-refractivity contribution is 0.00777. The number of hydrogen-bond acceptors (Lipinski definition) is 3. The molecule has 0 aromatic heterocycles. The summed E-state index contributed by atoms with van der Waals surface area (Å²) >= 11 is 0. The van der Waals surface area contributed by atoms with Crippen LogP contribution in [0.25, 0.3) is 0 Å². The van der Waals surface area contributed by atoms with Gasteiger partial charge in [-0.25, -0.2) is 9.59 Å². The predicted octanol–water partition coefficient (Wildman–Crippen LogP) is 5.71. The van der Waals surface area contributed by atoms with Crippen LogP contribution in [0.1, 0.15) is 92.9 Å². The van der Waals surface area contributed by atoms with Gasteiger partial charge in [-0.2, -0.15) is 0 Å². The normalized spacial score (nSPS) is 13.2. The first-order valence-corrected chi connectivity index (χ1v) is 9.57. The topological polar surface area (TPSA) is 63.6 Å². The van der Waals surface area contributed by atoms with Crippen LogP contribution in [0, 0.1) is 5.92 Å². The van der Waals surface area contributed by atoms with Crippen LogP contribution >= 0.6 is 0 Å². The zero-order valence-corrected chi connectivity index (χ0v) is 15.8. The fraction of sp³-hybridized carbons (Fsp3) is 0.619. The summed E-state index contributed by atoms with van der Waals surface area (Å²) in [5, 5.41) is 8.95. The average Bonchev–Trinajstić information content (AvgIpc) is 2.62. The Morgan fingerprint density at radius 1 is 0.920 bits per heavy atom. The second kappa shape index (κ2) is 11.7. The van der Waals surface area contributed by atoms with Gasteiger partial charge in [-0.15, -0.1) is 0 Å².